The fraction of sp³-hybridized carbons (Fsp3) is 0.192. The van der Waals surface area contributed by atoms with Gasteiger partial charge in [-0.3, -0.25) is 14.4 Å². The molecule has 0 aromatic heterocycles. The minimum Gasteiger partial charge on any atom is -0.427 e. The topological polar surface area (TPSA) is 84.5 Å². The SMILES string of the molecule is CC(=O)Oc1cccc(C(=O)Nc2ccccc2CNC(=O)CCc2ccc(C)cc2)c1. The van der Waals surface area contributed by atoms with E-state index < -0.39 is 5.97 Å². The number of nitrogens with one attached hydrogen (secondary N) is 2. The van der Waals surface area contributed by atoms with E-state index in [2.05, 4.69) is 10.6 Å². The molecule has 3 aromatic rings. The zero-order chi connectivity index (χ0) is 22.9. The third-order valence-electron chi connectivity index (χ3n) is 4.86. The molecule has 0 atom stereocenters. The molecule has 0 aliphatic rings. The van der Waals surface area contributed by atoms with E-state index in [-0.39, 0.29) is 11.8 Å². The third kappa shape index (κ3) is 6.80. The standard InChI is InChI=1S/C26H26N2O4/c1-18-10-12-20(13-11-18)14-15-25(30)27-17-22-6-3-4-9-24(22)28-26(31)21-7-5-8-23(16-21)32-19(2)29/h3-13,16H,14-15,17H2,1-2H3,(H,27,30)(H,28,31). The van der Waals surface area contributed by atoms with Gasteiger partial charge in [0.15, 0.2) is 0 Å². The normalized spacial score (nSPS) is 10.3. The fourth-order valence-electron chi connectivity index (χ4n) is 3.15. The molecule has 0 heterocycles. The van der Waals surface area contributed by atoms with Gasteiger partial charge in [0, 0.05) is 31.1 Å². The minimum absolute atomic E-state index is 0.0548. The van der Waals surface area contributed by atoms with Crippen LogP contribution in [0.4, 0.5) is 5.69 Å². The van der Waals surface area contributed by atoms with Crippen LogP contribution >= 0.6 is 0 Å². The molecule has 0 fully saturated rings. The first kappa shape index (κ1) is 22.7. The molecule has 32 heavy (non-hydrogen) atoms. The van der Waals surface area contributed by atoms with Crippen molar-refractivity contribution in [1.29, 1.82) is 0 Å². The number of hydrogen-bond acceptors (Lipinski definition) is 4. The van der Waals surface area contributed by atoms with Crippen molar-refractivity contribution in [2.45, 2.75) is 33.2 Å². The van der Waals surface area contributed by atoms with Crippen molar-refractivity contribution >= 4 is 23.5 Å². The summed E-state index contributed by atoms with van der Waals surface area (Å²) in [5.74, 6) is -0.539. The van der Waals surface area contributed by atoms with Crippen LogP contribution in [0.25, 0.3) is 0 Å². The molecule has 0 aliphatic heterocycles. The minimum atomic E-state index is -0.453. The highest BCUT2D eigenvalue weighted by Crippen LogP contribution is 2.19. The summed E-state index contributed by atoms with van der Waals surface area (Å²) >= 11 is 0. The van der Waals surface area contributed by atoms with Crippen molar-refractivity contribution in [3.63, 3.8) is 0 Å². The number of para-hydroxylation sites is 1. The Kier molecular flexibility index (Phi) is 7.75. The fourth-order valence-corrected chi connectivity index (χ4v) is 3.15. The first-order valence-corrected chi connectivity index (χ1v) is 10.4. The highest BCUT2D eigenvalue weighted by Gasteiger charge is 2.11. The number of carbonyl (C=O) groups excluding carboxylic acids is 3. The number of benzene rings is 3. The molecule has 164 valence electrons. The van der Waals surface area contributed by atoms with E-state index in [0.29, 0.717) is 36.4 Å². The summed E-state index contributed by atoms with van der Waals surface area (Å²) in [7, 11) is 0. The average molecular weight is 431 g/mol. The maximum absolute atomic E-state index is 12.7. The molecule has 0 aliphatic carbocycles. The van der Waals surface area contributed by atoms with Crippen molar-refractivity contribution in [1.82, 2.24) is 5.32 Å². The molecule has 0 saturated heterocycles. The molecule has 2 N–H and O–H groups in total. The highest BCUT2D eigenvalue weighted by atomic mass is 16.5. The number of anilines is 1. The lowest BCUT2D eigenvalue weighted by Gasteiger charge is -2.12. The number of amides is 2. The number of esters is 1. The summed E-state index contributed by atoms with van der Waals surface area (Å²) < 4.78 is 5.04. The van der Waals surface area contributed by atoms with Gasteiger partial charge in [0.1, 0.15) is 5.75 Å². The first-order chi connectivity index (χ1) is 15.4. The summed E-state index contributed by atoms with van der Waals surface area (Å²) in [4.78, 5) is 36.1. The second-order valence-electron chi connectivity index (χ2n) is 7.50. The Balaban J connectivity index is 1.58. The van der Waals surface area contributed by atoms with Crippen LogP contribution in [0.1, 0.15) is 40.4 Å². The maximum Gasteiger partial charge on any atom is 0.308 e. The van der Waals surface area contributed by atoms with Gasteiger partial charge < -0.3 is 15.4 Å². The molecule has 3 aromatic carbocycles. The number of hydrogen-bond donors (Lipinski definition) is 2. The van der Waals surface area contributed by atoms with Gasteiger partial charge in [0.05, 0.1) is 0 Å². The first-order valence-electron chi connectivity index (χ1n) is 10.4. The summed E-state index contributed by atoms with van der Waals surface area (Å²) in [6.07, 6.45) is 1.06. The highest BCUT2D eigenvalue weighted by molar-refractivity contribution is 6.05. The molecule has 0 bridgehead atoms. The van der Waals surface area contributed by atoms with E-state index in [0.717, 1.165) is 11.1 Å². The van der Waals surface area contributed by atoms with Crippen molar-refractivity contribution < 1.29 is 19.1 Å². The third-order valence-corrected chi connectivity index (χ3v) is 4.86. The van der Waals surface area contributed by atoms with Crippen molar-refractivity contribution in [3.8, 4) is 5.75 Å². The molecule has 2 amide bonds. The zero-order valence-electron chi connectivity index (χ0n) is 18.2. The number of ether oxygens (including phenoxy) is 1. The van der Waals surface area contributed by atoms with Gasteiger partial charge in [0.25, 0.3) is 5.91 Å². The predicted molar refractivity (Wildman–Crippen MR) is 123 cm³/mol. The Morgan fingerprint density at radius 3 is 2.41 bits per heavy atom. The van der Waals surface area contributed by atoms with Gasteiger partial charge in [-0.2, -0.15) is 0 Å². The summed E-state index contributed by atoms with van der Waals surface area (Å²) in [5, 5.41) is 5.78. The summed E-state index contributed by atoms with van der Waals surface area (Å²) in [6.45, 7) is 3.64. The van der Waals surface area contributed by atoms with Crippen LogP contribution in [0.15, 0.2) is 72.8 Å². The number of aryl methyl sites for hydroxylation is 2. The maximum atomic E-state index is 12.7. The van der Waals surface area contributed by atoms with Gasteiger partial charge in [-0.15, -0.1) is 0 Å². The van der Waals surface area contributed by atoms with Crippen molar-refractivity contribution in [2.75, 3.05) is 5.32 Å². The van der Waals surface area contributed by atoms with Crippen molar-refractivity contribution in [3.05, 3.63) is 95.1 Å². The van der Waals surface area contributed by atoms with Crippen LogP contribution < -0.4 is 15.4 Å². The lowest BCUT2D eigenvalue weighted by Crippen LogP contribution is -2.24. The van der Waals surface area contributed by atoms with Gasteiger partial charge in [-0.1, -0.05) is 54.1 Å². The van der Waals surface area contributed by atoms with E-state index in [4.69, 9.17) is 4.74 Å². The Morgan fingerprint density at radius 2 is 1.66 bits per heavy atom. The largest absolute Gasteiger partial charge is 0.427 e. The molecule has 0 unspecified atom stereocenters. The van der Waals surface area contributed by atoms with Crippen molar-refractivity contribution in [2.24, 2.45) is 0 Å². The smallest absolute Gasteiger partial charge is 0.308 e. The Hall–Kier alpha value is -3.93. The molecular formula is C26H26N2O4. The second-order valence-corrected chi connectivity index (χ2v) is 7.50. The van der Waals surface area contributed by atoms with E-state index >= 15 is 0 Å². The van der Waals surface area contributed by atoms with Crippen LogP contribution in [-0.4, -0.2) is 17.8 Å². The van der Waals surface area contributed by atoms with Gasteiger partial charge >= 0.3 is 5.97 Å². The summed E-state index contributed by atoms with van der Waals surface area (Å²) in [5.41, 5.74) is 4.07. The predicted octanol–water partition coefficient (Wildman–Crippen LogP) is 4.42. The molecule has 6 heteroatoms. The molecule has 3 rings (SSSR count). The lowest BCUT2D eigenvalue weighted by atomic mass is 10.1. The van der Waals surface area contributed by atoms with Gasteiger partial charge in [0.2, 0.25) is 5.91 Å². The molecule has 0 spiro atoms. The number of rotatable bonds is 8. The van der Waals surface area contributed by atoms with E-state index in [9.17, 15) is 14.4 Å². The Morgan fingerprint density at radius 1 is 0.906 bits per heavy atom. The van der Waals surface area contributed by atoms with Crippen LogP contribution in [0.3, 0.4) is 0 Å². The monoisotopic (exact) mass is 430 g/mol. The van der Waals surface area contributed by atoms with Crippen LogP contribution in [-0.2, 0) is 22.6 Å². The van der Waals surface area contributed by atoms with E-state index in [1.807, 2.05) is 49.4 Å². The molecule has 6 nitrogen and oxygen atoms in total. The summed E-state index contributed by atoms with van der Waals surface area (Å²) in [6, 6.07) is 21.8. The van der Waals surface area contributed by atoms with Gasteiger partial charge in [-0.25, -0.2) is 0 Å². The Bertz CT molecular complexity index is 1110. The number of carbonyl (C=O) groups is 3. The lowest BCUT2D eigenvalue weighted by molar-refractivity contribution is -0.131. The van der Waals surface area contributed by atoms with Crippen LogP contribution in [0.2, 0.25) is 0 Å². The molecule has 0 radical (unpaired) electrons. The zero-order valence-corrected chi connectivity index (χ0v) is 18.2. The van der Waals surface area contributed by atoms with Crippen LogP contribution in [0.5, 0.6) is 5.75 Å². The Labute approximate surface area is 187 Å². The average Bonchev–Trinajstić information content (AvgIpc) is 2.78. The van der Waals surface area contributed by atoms with Crippen LogP contribution in [0, 0.1) is 6.92 Å². The second kappa shape index (κ2) is 10.9. The molecule has 0 saturated carbocycles. The quantitative estimate of drug-likeness (QED) is 0.409. The molecular weight excluding hydrogens is 404 g/mol. The van der Waals surface area contributed by atoms with Gasteiger partial charge in [-0.05, 0) is 48.7 Å². The van der Waals surface area contributed by atoms with E-state index in [1.54, 1.807) is 24.3 Å². The van der Waals surface area contributed by atoms with E-state index in [1.165, 1.54) is 18.6 Å².